The van der Waals surface area contributed by atoms with Crippen molar-refractivity contribution in [1.29, 1.82) is 0 Å². The average Bonchev–Trinajstić information content (AvgIpc) is 2.19. The van der Waals surface area contributed by atoms with Gasteiger partial charge in [0.25, 0.3) is 0 Å². The van der Waals surface area contributed by atoms with Crippen molar-refractivity contribution < 1.29 is 4.39 Å². The lowest BCUT2D eigenvalue weighted by atomic mass is 10.4. The number of nitrogens with two attached hydrogens (primary N) is 1. The van der Waals surface area contributed by atoms with Gasteiger partial charge in [0.2, 0.25) is 0 Å². The van der Waals surface area contributed by atoms with Crippen molar-refractivity contribution in [3.63, 3.8) is 0 Å². The molecule has 0 heterocycles. The van der Waals surface area contributed by atoms with Crippen LogP contribution in [0.2, 0.25) is 0 Å². The fourth-order valence-electron chi connectivity index (χ4n) is 0.455. The second kappa shape index (κ2) is 2.48. The zero-order valence-corrected chi connectivity index (χ0v) is 4.75. The number of alkyl halides is 1. The van der Waals surface area contributed by atoms with E-state index >= 15 is 0 Å². The van der Waals surface area contributed by atoms with Crippen LogP contribution in [0.1, 0.15) is 6.42 Å². The summed E-state index contributed by atoms with van der Waals surface area (Å²) in [6.45, 7) is 0.529. The Bertz CT molecular complexity index is 57.7. The third-order valence-corrected chi connectivity index (χ3v) is 1.14. The Kier molecular flexibility index (Phi) is 2.54. The van der Waals surface area contributed by atoms with Gasteiger partial charge in [-0.2, -0.15) is 0 Å². The molecule has 0 radical (unpaired) electrons. The van der Waals surface area contributed by atoms with Crippen molar-refractivity contribution in [1.82, 2.24) is 0 Å². The summed E-state index contributed by atoms with van der Waals surface area (Å²) in [7, 11) is 0. The van der Waals surface area contributed by atoms with Gasteiger partial charge in [-0.15, -0.1) is 12.4 Å². The summed E-state index contributed by atoms with van der Waals surface area (Å²) in [5, 5.41) is 0. The second-order valence-corrected chi connectivity index (χ2v) is 1.75. The molecule has 2 atom stereocenters. The lowest BCUT2D eigenvalue weighted by Gasteiger charge is -1.77. The van der Waals surface area contributed by atoms with Crippen molar-refractivity contribution in [2.24, 2.45) is 11.7 Å². The average molecular weight is 126 g/mol. The lowest BCUT2D eigenvalue weighted by Crippen LogP contribution is -2.01. The molecule has 2 N–H and O–H groups in total. The summed E-state index contributed by atoms with van der Waals surface area (Å²) in [4.78, 5) is 0. The van der Waals surface area contributed by atoms with Gasteiger partial charge in [-0.3, -0.25) is 0 Å². The zero-order chi connectivity index (χ0) is 4.57. The van der Waals surface area contributed by atoms with Crippen LogP contribution in [0.4, 0.5) is 4.39 Å². The highest BCUT2D eigenvalue weighted by Gasteiger charge is 2.35. The van der Waals surface area contributed by atoms with Gasteiger partial charge >= 0.3 is 0 Å². The van der Waals surface area contributed by atoms with E-state index in [0.717, 1.165) is 0 Å². The van der Waals surface area contributed by atoms with Crippen LogP contribution in [0.5, 0.6) is 0 Å². The molecule has 1 saturated carbocycles. The topological polar surface area (TPSA) is 26.0 Å². The molecule has 0 aromatic heterocycles. The number of rotatable bonds is 1. The predicted molar refractivity (Wildman–Crippen MR) is 29.3 cm³/mol. The Morgan fingerprint density at radius 2 is 2.14 bits per heavy atom. The molecule has 44 valence electrons. The Morgan fingerprint density at radius 3 is 2.14 bits per heavy atom. The minimum Gasteiger partial charge on any atom is -0.330 e. The summed E-state index contributed by atoms with van der Waals surface area (Å²) in [6, 6.07) is 0. The first-order valence-electron chi connectivity index (χ1n) is 2.18. The van der Waals surface area contributed by atoms with E-state index < -0.39 is 6.17 Å². The molecule has 1 nitrogen and oxygen atoms in total. The van der Waals surface area contributed by atoms with Crippen LogP contribution in [-0.4, -0.2) is 12.7 Å². The molecule has 0 amide bonds. The molecule has 1 rings (SSSR count). The summed E-state index contributed by atoms with van der Waals surface area (Å²) < 4.78 is 11.7. The van der Waals surface area contributed by atoms with Gasteiger partial charge in [-0.1, -0.05) is 0 Å². The van der Waals surface area contributed by atoms with E-state index in [1.165, 1.54) is 0 Å². The molecule has 1 aliphatic carbocycles. The standard InChI is InChI=1S/C4H8FN.ClH/c5-4-1-3(4)2-6;/h3-4H,1-2,6H2;1H/t3-,4-;/m1./s1. The van der Waals surface area contributed by atoms with Crippen molar-refractivity contribution in [2.75, 3.05) is 6.54 Å². The van der Waals surface area contributed by atoms with Crippen LogP contribution in [0, 0.1) is 5.92 Å². The van der Waals surface area contributed by atoms with E-state index in [1.54, 1.807) is 0 Å². The molecule has 3 heteroatoms. The maximum Gasteiger partial charge on any atom is 0.105 e. The second-order valence-electron chi connectivity index (χ2n) is 1.75. The van der Waals surface area contributed by atoms with Crippen LogP contribution in [0.3, 0.4) is 0 Å². The van der Waals surface area contributed by atoms with Crippen molar-refractivity contribution in [3.05, 3.63) is 0 Å². The van der Waals surface area contributed by atoms with Crippen LogP contribution in [-0.2, 0) is 0 Å². The maximum atomic E-state index is 11.7. The Labute approximate surface area is 48.5 Å². The molecule has 0 aromatic rings. The smallest absolute Gasteiger partial charge is 0.105 e. The molecular formula is C4H9ClFN. The van der Waals surface area contributed by atoms with Gasteiger partial charge in [0.15, 0.2) is 0 Å². The summed E-state index contributed by atoms with van der Waals surface area (Å²) in [5.74, 6) is 0.213. The van der Waals surface area contributed by atoms with Crippen LogP contribution < -0.4 is 5.73 Å². The van der Waals surface area contributed by atoms with Crippen LogP contribution in [0.15, 0.2) is 0 Å². The quantitative estimate of drug-likeness (QED) is 0.549. The van der Waals surface area contributed by atoms with Crippen LogP contribution >= 0.6 is 12.4 Å². The van der Waals surface area contributed by atoms with Crippen molar-refractivity contribution >= 4 is 12.4 Å². The van der Waals surface area contributed by atoms with E-state index in [9.17, 15) is 4.39 Å². The van der Waals surface area contributed by atoms with Crippen molar-refractivity contribution in [2.45, 2.75) is 12.6 Å². The molecule has 7 heavy (non-hydrogen) atoms. The van der Waals surface area contributed by atoms with Gasteiger partial charge < -0.3 is 5.73 Å². The first-order valence-corrected chi connectivity index (χ1v) is 2.18. The molecule has 0 unspecified atom stereocenters. The number of hydrogen-bond donors (Lipinski definition) is 1. The van der Waals surface area contributed by atoms with E-state index in [-0.39, 0.29) is 18.3 Å². The van der Waals surface area contributed by atoms with Gasteiger partial charge in [0, 0.05) is 5.92 Å². The highest BCUT2D eigenvalue weighted by molar-refractivity contribution is 5.85. The summed E-state index contributed by atoms with van der Waals surface area (Å²) >= 11 is 0. The van der Waals surface area contributed by atoms with Gasteiger partial charge in [0.1, 0.15) is 6.17 Å². The van der Waals surface area contributed by atoms with Crippen molar-refractivity contribution in [3.8, 4) is 0 Å². The monoisotopic (exact) mass is 125 g/mol. The third kappa shape index (κ3) is 1.61. The maximum absolute atomic E-state index is 11.7. The van der Waals surface area contributed by atoms with E-state index in [4.69, 9.17) is 5.73 Å². The van der Waals surface area contributed by atoms with E-state index in [2.05, 4.69) is 0 Å². The van der Waals surface area contributed by atoms with Crippen LogP contribution in [0.25, 0.3) is 0 Å². The predicted octanol–water partition coefficient (Wildman–Crippen LogP) is 0.725. The highest BCUT2D eigenvalue weighted by atomic mass is 35.5. The minimum absolute atomic E-state index is 0. The number of halogens is 2. The van der Waals surface area contributed by atoms with E-state index in [0.29, 0.717) is 13.0 Å². The molecule has 1 aliphatic rings. The SMILES string of the molecule is Cl.NC[C@H]1C[C@H]1F. The summed E-state index contributed by atoms with van der Waals surface area (Å²) in [6.07, 6.45) is 0.145. The molecule has 0 aliphatic heterocycles. The summed E-state index contributed by atoms with van der Waals surface area (Å²) in [5.41, 5.74) is 5.08. The minimum atomic E-state index is -0.560. The first-order chi connectivity index (χ1) is 2.84. The Hall–Kier alpha value is 0.180. The molecule has 0 spiro atoms. The zero-order valence-electron chi connectivity index (χ0n) is 3.93. The largest absolute Gasteiger partial charge is 0.330 e. The highest BCUT2D eigenvalue weighted by Crippen LogP contribution is 2.31. The van der Waals surface area contributed by atoms with Gasteiger partial charge in [-0.25, -0.2) is 4.39 Å². The Balaban J connectivity index is 0.000000360. The van der Waals surface area contributed by atoms with Gasteiger partial charge in [-0.05, 0) is 13.0 Å². The third-order valence-electron chi connectivity index (χ3n) is 1.14. The fraction of sp³-hybridized carbons (Fsp3) is 1.00. The molecule has 0 aromatic carbocycles. The lowest BCUT2D eigenvalue weighted by molar-refractivity contribution is 0.448. The molecule has 0 bridgehead atoms. The Morgan fingerprint density at radius 1 is 1.71 bits per heavy atom. The molecular weight excluding hydrogens is 117 g/mol. The fourth-order valence-corrected chi connectivity index (χ4v) is 0.455. The first kappa shape index (κ1) is 7.18. The number of hydrogen-bond acceptors (Lipinski definition) is 1. The van der Waals surface area contributed by atoms with Gasteiger partial charge in [0.05, 0.1) is 0 Å². The molecule has 1 fully saturated rings. The normalized spacial score (nSPS) is 36.9. The van der Waals surface area contributed by atoms with E-state index in [1.807, 2.05) is 0 Å². The molecule has 0 saturated heterocycles.